The van der Waals surface area contributed by atoms with Crippen LogP contribution in [-0.4, -0.2) is 37.0 Å². The van der Waals surface area contributed by atoms with Gasteiger partial charge in [0.15, 0.2) is 0 Å². The van der Waals surface area contributed by atoms with Crippen molar-refractivity contribution in [2.75, 3.05) is 26.2 Å². The van der Waals surface area contributed by atoms with Crippen LogP contribution in [0.25, 0.3) is 0 Å². The molecular formula is C19H29Cl3FN3O. The number of amides is 1. The molecule has 1 unspecified atom stereocenters. The molecule has 3 atom stereocenters. The van der Waals surface area contributed by atoms with E-state index >= 15 is 0 Å². The van der Waals surface area contributed by atoms with Crippen LogP contribution in [0.2, 0.25) is 5.02 Å². The highest BCUT2D eigenvalue weighted by Gasteiger charge is 2.33. The Labute approximate surface area is 178 Å². The lowest BCUT2D eigenvalue weighted by atomic mass is 9.95. The third-order valence-electron chi connectivity index (χ3n) is 5.68. The Morgan fingerprint density at radius 3 is 2.59 bits per heavy atom. The maximum absolute atomic E-state index is 14.5. The van der Waals surface area contributed by atoms with Crippen LogP contribution in [0.4, 0.5) is 4.39 Å². The van der Waals surface area contributed by atoms with Gasteiger partial charge in [0.1, 0.15) is 5.82 Å². The summed E-state index contributed by atoms with van der Waals surface area (Å²) >= 11 is 6.29. The summed E-state index contributed by atoms with van der Waals surface area (Å²) in [5.41, 5.74) is 6.29. The monoisotopic (exact) mass is 439 g/mol. The van der Waals surface area contributed by atoms with Crippen molar-refractivity contribution in [2.24, 2.45) is 17.6 Å². The Hall–Kier alpha value is -0.590. The molecule has 0 spiro atoms. The van der Waals surface area contributed by atoms with Crippen LogP contribution in [0.15, 0.2) is 18.2 Å². The Morgan fingerprint density at radius 2 is 1.96 bits per heavy atom. The fourth-order valence-electron chi connectivity index (χ4n) is 4.29. The first-order chi connectivity index (χ1) is 12.1. The second-order valence-electron chi connectivity index (χ2n) is 7.17. The number of rotatable bonds is 6. The van der Waals surface area contributed by atoms with Crippen molar-refractivity contribution in [3.05, 3.63) is 34.6 Å². The van der Waals surface area contributed by atoms with Gasteiger partial charge in [-0.05, 0) is 63.4 Å². The molecule has 8 heteroatoms. The highest BCUT2D eigenvalue weighted by atomic mass is 35.5. The SMILES string of the molecule is Cl.Cl.NC[C@H]1CCC[C@H]1C(=O)NCC(c1c(F)cccc1Cl)N1CCCC1. The first kappa shape index (κ1) is 24.4. The predicted octanol–water partition coefficient (Wildman–Crippen LogP) is 3.95. The number of hydrogen-bond donors (Lipinski definition) is 2. The van der Waals surface area contributed by atoms with Crippen molar-refractivity contribution in [1.29, 1.82) is 0 Å². The first-order valence-corrected chi connectivity index (χ1v) is 9.65. The molecule has 154 valence electrons. The topological polar surface area (TPSA) is 58.4 Å². The summed E-state index contributed by atoms with van der Waals surface area (Å²) in [6.07, 6.45) is 5.14. The minimum atomic E-state index is -0.306. The molecule has 1 amide bonds. The van der Waals surface area contributed by atoms with Crippen LogP contribution < -0.4 is 11.1 Å². The number of halogens is 4. The number of nitrogens with one attached hydrogen (secondary N) is 1. The first-order valence-electron chi connectivity index (χ1n) is 9.27. The molecule has 0 aromatic heterocycles. The second kappa shape index (κ2) is 11.4. The van der Waals surface area contributed by atoms with E-state index in [9.17, 15) is 9.18 Å². The van der Waals surface area contributed by atoms with E-state index < -0.39 is 0 Å². The number of nitrogens with two attached hydrogens (primary N) is 1. The third kappa shape index (κ3) is 5.70. The molecule has 1 aliphatic carbocycles. The lowest BCUT2D eigenvalue weighted by Crippen LogP contribution is -2.41. The Morgan fingerprint density at radius 1 is 1.26 bits per heavy atom. The molecule has 3 N–H and O–H groups in total. The summed E-state index contributed by atoms with van der Waals surface area (Å²) in [4.78, 5) is 14.8. The summed E-state index contributed by atoms with van der Waals surface area (Å²) in [7, 11) is 0. The van der Waals surface area contributed by atoms with Gasteiger partial charge >= 0.3 is 0 Å². The summed E-state index contributed by atoms with van der Waals surface area (Å²) in [6.45, 7) is 2.74. The number of nitrogens with zero attached hydrogens (tertiary/aromatic N) is 1. The van der Waals surface area contributed by atoms with Gasteiger partial charge in [0.2, 0.25) is 5.91 Å². The maximum atomic E-state index is 14.5. The molecule has 3 rings (SSSR count). The summed E-state index contributed by atoms with van der Waals surface area (Å²) < 4.78 is 14.5. The third-order valence-corrected chi connectivity index (χ3v) is 6.01. The van der Waals surface area contributed by atoms with E-state index in [1.165, 1.54) is 6.07 Å². The number of carbonyl (C=O) groups excluding carboxylic acids is 1. The molecule has 1 saturated carbocycles. The van der Waals surface area contributed by atoms with Gasteiger partial charge in [-0.15, -0.1) is 24.8 Å². The van der Waals surface area contributed by atoms with Gasteiger partial charge < -0.3 is 11.1 Å². The standard InChI is InChI=1S/C19H27ClFN3O.2ClH/c20-15-7-4-8-16(21)18(15)17(24-9-1-2-10-24)12-23-19(25)14-6-3-5-13(14)11-22;;/h4,7-8,13-14,17H,1-3,5-6,9-12,22H2,(H,23,25);2*1H/t13-,14-,17?;;/m1../s1. The molecule has 27 heavy (non-hydrogen) atoms. The van der Waals surface area contributed by atoms with E-state index in [1.807, 2.05) is 0 Å². The summed E-state index contributed by atoms with van der Waals surface area (Å²) in [6, 6.07) is 4.54. The van der Waals surface area contributed by atoms with Gasteiger partial charge in [-0.1, -0.05) is 24.1 Å². The van der Waals surface area contributed by atoms with E-state index in [4.69, 9.17) is 17.3 Å². The lowest BCUT2D eigenvalue weighted by Gasteiger charge is -2.30. The molecule has 1 aliphatic heterocycles. The molecular weight excluding hydrogens is 412 g/mol. The highest BCUT2D eigenvalue weighted by molar-refractivity contribution is 6.31. The van der Waals surface area contributed by atoms with Crippen LogP contribution in [-0.2, 0) is 4.79 Å². The molecule has 0 radical (unpaired) electrons. The average molecular weight is 441 g/mol. The molecule has 1 saturated heterocycles. The zero-order chi connectivity index (χ0) is 17.8. The molecule has 4 nitrogen and oxygen atoms in total. The van der Waals surface area contributed by atoms with Gasteiger partial charge in [-0.3, -0.25) is 9.69 Å². The average Bonchev–Trinajstić information content (AvgIpc) is 3.28. The maximum Gasteiger partial charge on any atom is 0.223 e. The van der Waals surface area contributed by atoms with E-state index in [0.717, 1.165) is 45.2 Å². The molecule has 2 fully saturated rings. The van der Waals surface area contributed by atoms with Crippen molar-refractivity contribution >= 4 is 42.3 Å². The Balaban J connectivity index is 0.00000182. The Bertz CT molecular complexity index is 594. The van der Waals surface area contributed by atoms with Gasteiger partial charge in [-0.25, -0.2) is 4.39 Å². The van der Waals surface area contributed by atoms with E-state index in [-0.39, 0.29) is 54.4 Å². The van der Waals surface area contributed by atoms with Crippen molar-refractivity contribution in [1.82, 2.24) is 10.2 Å². The van der Waals surface area contributed by atoms with Crippen LogP contribution >= 0.6 is 36.4 Å². The van der Waals surface area contributed by atoms with Crippen LogP contribution in [0, 0.1) is 17.7 Å². The largest absolute Gasteiger partial charge is 0.354 e. The van der Waals surface area contributed by atoms with E-state index in [2.05, 4.69) is 10.2 Å². The normalized spacial score (nSPS) is 23.4. The van der Waals surface area contributed by atoms with Crippen LogP contribution in [0.5, 0.6) is 0 Å². The van der Waals surface area contributed by atoms with Crippen molar-refractivity contribution < 1.29 is 9.18 Å². The van der Waals surface area contributed by atoms with Crippen molar-refractivity contribution in [3.63, 3.8) is 0 Å². The number of benzene rings is 1. The highest BCUT2D eigenvalue weighted by Crippen LogP contribution is 2.33. The zero-order valence-electron chi connectivity index (χ0n) is 15.3. The van der Waals surface area contributed by atoms with Gasteiger partial charge in [-0.2, -0.15) is 0 Å². The van der Waals surface area contributed by atoms with Crippen LogP contribution in [0.3, 0.4) is 0 Å². The van der Waals surface area contributed by atoms with Gasteiger partial charge in [0, 0.05) is 23.0 Å². The molecule has 1 aromatic rings. The molecule has 0 bridgehead atoms. The lowest BCUT2D eigenvalue weighted by molar-refractivity contribution is -0.126. The Kier molecular flexibility index (Phi) is 10.3. The van der Waals surface area contributed by atoms with Gasteiger partial charge in [0.05, 0.1) is 6.04 Å². The minimum Gasteiger partial charge on any atom is -0.354 e. The smallest absolute Gasteiger partial charge is 0.223 e. The van der Waals surface area contributed by atoms with E-state index in [0.29, 0.717) is 23.7 Å². The molecule has 1 aromatic carbocycles. The quantitative estimate of drug-likeness (QED) is 0.704. The zero-order valence-corrected chi connectivity index (χ0v) is 17.7. The number of hydrogen-bond acceptors (Lipinski definition) is 3. The minimum absolute atomic E-state index is 0. The van der Waals surface area contributed by atoms with Gasteiger partial charge in [0.25, 0.3) is 0 Å². The fourth-order valence-corrected chi connectivity index (χ4v) is 4.58. The number of carbonyl (C=O) groups is 1. The summed E-state index contributed by atoms with van der Waals surface area (Å²) in [5.74, 6) is -0.00781. The molecule has 2 aliphatic rings. The second-order valence-corrected chi connectivity index (χ2v) is 7.58. The number of likely N-dealkylation sites (tertiary alicyclic amines) is 1. The van der Waals surface area contributed by atoms with Crippen molar-refractivity contribution in [2.45, 2.75) is 38.1 Å². The molecule has 1 heterocycles. The van der Waals surface area contributed by atoms with E-state index in [1.54, 1.807) is 12.1 Å². The van der Waals surface area contributed by atoms with Crippen molar-refractivity contribution in [3.8, 4) is 0 Å². The summed E-state index contributed by atoms with van der Waals surface area (Å²) in [5, 5.41) is 3.48. The fraction of sp³-hybridized carbons (Fsp3) is 0.632. The predicted molar refractivity (Wildman–Crippen MR) is 112 cm³/mol. The van der Waals surface area contributed by atoms with Crippen LogP contribution in [0.1, 0.15) is 43.7 Å².